The van der Waals surface area contributed by atoms with Gasteiger partial charge < -0.3 is 20.3 Å². The van der Waals surface area contributed by atoms with Gasteiger partial charge in [0.2, 0.25) is 5.78 Å². The third-order valence-corrected chi connectivity index (χ3v) is 5.58. The van der Waals surface area contributed by atoms with Crippen molar-refractivity contribution in [1.82, 2.24) is 5.32 Å². The second kappa shape index (κ2) is 10.0. The molecule has 0 aliphatic heterocycles. The Bertz CT molecular complexity index is 1330. The van der Waals surface area contributed by atoms with Crippen LogP contribution in [0.15, 0.2) is 84.4 Å². The minimum atomic E-state index is -1.25. The highest BCUT2D eigenvalue weighted by molar-refractivity contribution is 6.58. The number of ether oxygens (including phenoxy) is 1. The Morgan fingerprint density at radius 2 is 1.49 bits per heavy atom. The van der Waals surface area contributed by atoms with E-state index in [4.69, 9.17) is 10.1 Å². The molecule has 0 radical (unpaired) electrons. The van der Waals surface area contributed by atoms with Gasteiger partial charge in [-0.2, -0.15) is 0 Å². The molecule has 176 valence electrons. The number of aliphatic hydroxyl groups excluding tert-OH is 1. The number of phenolic OH excluding ortho intramolecular Hbond substituents is 1. The third-order valence-electron chi connectivity index (χ3n) is 5.58. The zero-order chi connectivity index (χ0) is 24.9. The molecule has 8 heteroatoms. The van der Waals surface area contributed by atoms with Gasteiger partial charge in [-0.25, -0.2) is 4.79 Å². The maximum absolute atomic E-state index is 13.5. The molecule has 4 rings (SSSR count). The first-order valence-electron chi connectivity index (χ1n) is 10.8. The highest BCUT2D eigenvalue weighted by Crippen LogP contribution is 2.29. The molecule has 35 heavy (non-hydrogen) atoms. The molecule has 3 aromatic carbocycles. The second-order valence-electron chi connectivity index (χ2n) is 7.97. The monoisotopic (exact) mass is 470 g/mol. The van der Waals surface area contributed by atoms with Crippen LogP contribution in [-0.2, 0) is 22.6 Å². The van der Waals surface area contributed by atoms with Crippen LogP contribution in [-0.4, -0.2) is 39.6 Å². The summed E-state index contributed by atoms with van der Waals surface area (Å²) in [4.78, 5) is 38.8. The summed E-state index contributed by atoms with van der Waals surface area (Å²) in [5.41, 5.74) is 0.491. The molecular weight excluding hydrogens is 448 g/mol. The first-order chi connectivity index (χ1) is 16.8. The number of amides is 1. The molecule has 0 unspecified atom stereocenters. The van der Waals surface area contributed by atoms with Crippen LogP contribution in [0.1, 0.15) is 27.0 Å². The smallest absolute Gasteiger partial charge is 0.408 e. The van der Waals surface area contributed by atoms with Crippen molar-refractivity contribution in [1.29, 1.82) is 5.41 Å². The number of rotatable bonds is 7. The Morgan fingerprint density at radius 1 is 0.857 bits per heavy atom. The van der Waals surface area contributed by atoms with Crippen molar-refractivity contribution in [3.05, 3.63) is 107 Å². The number of nitrogens with one attached hydrogen (secondary N) is 2. The van der Waals surface area contributed by atoms with E-state index >= 15 is 0 Å². The van der Waals surface area contributed by atoms with Crippen molar-refractivity contribution >= 4 is 29.1 Å². The van der Waals surface area contributed by atoms with Gasteiger partial charge in [0.15, 0.2) is 5.78 Å². The lowest BCUT2D eigenvalue weighted by molar-refractivity contribution is -0.117. The fourth-order valence-electron chi connectivity index (χ4n) is 3.79. The maximum Gasteiger partial charge on any atom is 0.408 e. The quantitative estimate of drug-likeness (QED) is 0.412. The van der Waals surface area contributed by atoms with E-state index < -0.39 is 40.7 Å². The molecule has 0 saturated carbocycles. The average Bonchev–Trinajstić information content (AvgIpc) is 2.87. The number of fused-ring (bicyclic) bond motifs is 1. The molecule has 0 saturated heterocycles. The van der Waals surface area contributed by atoms with Gasteiger partial charge in [-0.3, -0.25) is 15.0 Å². The van der Waals surface area contributed by atoms with Gasteiger partial charge in [-0.05, 0) is 23.3 Å². The number of aliphatic hydroxyl groups is 1. The van der Waals surface area contributed by atoms with Gasteiger partial charge in [0.25, 0.3) is 0 Å². The zero-order valence-electron chi connectivity index (χ0n) is 18.5. The first-order valence-corrected chi connectivity index (χ1v) is 10.8. The Labute approximate surface area is 201 Å². The molecular formula is C27H22N2O6. The Balaban J connectivity index is 1.62. The number of aromatic hydroxyl groups is 1. The number of ketones is 2. The van der Waals surface area contributed by atoms with Gasteiger partial charge in [-0.1, -0.05) is 66.7 Å². The number of alkyl carbamates (subject to hydrolysis) is 1. The van der Waals surface area contributed by atoms with Crippen LogP contribution in [0.25, 0.3) is 5.76 Å². The predicted molar refractivity (Wildman–Crippen MR) is 128 cm³/mol. The summed E-state index contributed by atoms with van der Waals surface area (Å²) < 4.78 is 5.24. The van der Waals surface area contributed by atoms with Gasteiger partial charge >= 0.3 is 6.09 Å². The van der Waals surface area contributed by atoms with E-state index in [2.05, 4.69) is 5.32 Å². The normalized spacial score (nSPS) is 13.7. The lowest BCUT2D eigenvalue weighted by atomic mass is 9.83. The van der Waals surface area contributed by atoms with Crippen LogP contribution in [0.3, 0.4) is 0 Å². The van der Waals surface area contributed by atoms with Crippen molar-refractivity contribution in [3.63, 3.8) is 0 Å². The summed E-state index contributed by atoms with van der Waals surface area (Å²) >= 11 is 0. The molecule has 0 spiro atoms. The largest absolute Gasteiger partial charge is 0.508 e. The van der Waals surface area contributed by atoms with Crippen molar-refractivity contribution in [3.8, 4) is 5.75 Å². The van der Waals surface area contributed by atoms with Gasteiger partial charge in [-0.15, -0.1) is 0 Å². The molecule has 1 amide bonds. The van der Waals surface area contributed by atoms with Crippen LogP contribution in [0, 0.1) is 5.41 Å². The van der Waals surface area contributed by atoms with E-state index in [-0.39, 0.29) is 29.9 Å². The average molecular weight is 470 g/mol. The van der Waals surface area contributed by atoms with Crippen LogP contribution in [0.2, 0.25) is 0 Å². The molecule has 1 atom stereocenters. The number of phenols is 1. The van der Waals surface area contributed by atoms with Crippen molar-refractivity contribution < 1.29 is 29.3 Å². The maximum atomic E-state index is 13.5. The molecule has 1 aliphatic rings. The fourth-order valence-corrected chi connectivity index (χ4v) is 3.79. The minimum absolute atomic E-state index is 0.0254. The highest BCUT2D eigenvalue weighted by Gasteiger charge is 2.37. The topological polar surface area (TPSA) is 137 Å². The number of hydrogen-bond acceptors (Lipinski definition) is 7. The van der Waals surface area contributed by atoms with E-state index in [0.717, 1.165) is 5.56 Å². The summed E-state index contributed by atoms with van der Waals surface area (Å²) in [6, 6.07) is 19.9. The molecule has 0 bridgehead atoms. The van der Waals surface area contributed by atoms with Gasteiger partial charge in [0.1, 0.15) is 23.8 Å². The van der Waals surface area contributed by atoms with E-state index in [1.807, 2.05) is 6.07 Å². The van der Waals surface area contributed by atoms with E-state index in [1.54, 1.807) is 48.5 Å². The zero-order valence-corrected chi connectivity index (χ0v) is 18.5. The second-order valence-corrected chi connectivity index (χ2v) is 7.97. The van der Waals surface area contributed by atoms with Gasteiger partial charge in [0, 0.05) is 17.5 Å². The summed E-state index contributed by atoms with van der Waals surface area (Å²) in [6.45, 7) is -0.0254. The summed E-state index contributed by atoms with van der Waals surface area (Å²) in [5, 5.41) is 31.1. The predicted octanol–water partition coefficient (Wildman–Crippen LogP) is 3.98. The number of benzene rings is 3. The number of Topliss-reactive ketones (excluding diaryl/α,β-unsaturated/α-hetero) is 2. The molecule has 4 N–H and O–H groups in total. The van der Waals surface area contributed by atoms with Crippen LogP contribution < -0.4 is 5.32 Å². The molecule has 3 aromatic rings. The lowest BCUT2D eigenvalue weighted by Crippen LogP contribution is -2.45. The van der Waals surface area contributed by atoms with E-state index in [9.17, 15) is 24.6 Å². The SMILES string of the molecule is N=C1C(=O)c2ccccc2C(O)=C1C(=O)[C@H](Cc1ccc(O)cc1)NC(=O)OCc1ccccc1. The summed E-state index contributed by atoms with van der Waals surface area (Å²) in [7, 11) is 0. The standard InChI is InChI=1S/C27H22N2O6/c28-23-22(24(31)19-8-4-5-9-20(19)25(23)32)26(33)21(14-16-10-12-18(30)13-11-16)29-27(34)35-15-17-6-2-1-3-7-17/h1-13,21,28,30-31H,14-15H2,(H,29,34)/t21-/m0/s1. The minimum Gasteiger partial charge on any atom is -0.508 e. The first kappa shape index (κ1) is 23.4. The number of carbonyl (C=O) groups is 3. The molecule has 0 aromatic heterocycles. The van der Waals surface area contributed by atoms with Gasteiger partial charge in [0.05, 0.1) is 11.6 Å². The van der Waals surface area contributed by atoms with Crippen LogP contribution >= 0.6 is 0 Å². The highest BCUT2D eigenvalue weighted by atomic mass is 16.5. The third kappa shape index (κ3) is 5.11. The van der Waals surface area contributed by atoms with Crippen LogP contribution in [0.4, 0.5) is 4.79 Å². The molecule has 8 nitrogen and oxygen atoms in total. The Hall–Kier alpha value is -4.72. The van der Waals surface area contributed by atoms with E-state index in [0.29, 0.717) is 5.56 Å². The molecule has 1 aliphatic carbocycles. The molecule has 0 heterocycles. The Kier molecular flexibility index (Phi) is 6.73. The van der Waals surface area contributed by atoms with Crippen molar-refractivity contribution in [2.75, 3.05) is 0 Å². The lowest BCUT2D eigenvalue weighted by Gasteiger charge is -2.23. The molecule has 0 fully saturated rings. The van der Waals surface area contributed by atoms with Crippen molar-refractivity contribution in [2.45, 2.75) is 19.1 Å². The number of carbonyl (C=O) groups excluding carboxylic acids is 3. The summed E-state index contributed by atoms with van der Waals surface area (Å²) in [6.07, 6.45) is -0.903. The van der Waals surface area contributed by atoms with E-state index in [1.165, 1.54) is 24.3 Å². The fraction of sp³-hybridized carbons (Fsp3) is 0.111. The van der Waals surface area contributed by atoms with Crippen LogP contribution in [0.5, 0.6) is 5.75 Å². The Morgan fingerprint density at radius 3 is 2.17 bits per heavy atom. The van der Waals surface area contributed by atoms with Crippen molar-refractivity contribution in [2.24, 2.45) is 0 Å². The summed E-state index contributed by atoms with van der Waals surface area (Å²) in [5.74, 6) is -1.97. The number of hydrogen-bond donors (Lipinski definition) is 4.